The number of benzene rings is 1. The highest BCUT2D eigenvalue weighted by molar-refractivity contribution is 8.00. The zero-order valence-corrected chi connectivity index (χ0v) is 12.8. The molecule has 106 valence electrons. The third kappa shape index (κ3) is 5.07. The molecule has 2 nitrogen and oxygen atoms in total. The number of hydrogen-bond acceptors (Lipinski definition) is 3. The lowest BCUT2D eigenvalue weighted by atomic mass is 10.1. The molecule has 3 heteroatoms. The third-order valence-corrected chi connectivity index (χ3v) is 5.14. The molecule has 19 heavy (non-hydrogen) atoms. The molecule has 1 aromatic rings. The molecule has 0 aliphatic carbocycles. The summed E-state index contributed by atoms with van der Waals surface area (Å²) in [6.45, 7) is 3.47. The van der Waals surface area contributed by atoms with Crippen LogP contribution in [0.1, 0.15) is 31.7 Å². The highest BCUT2D eigenvalue weighted by Gasteiger charge is 2.15. The Morgan fingerprint density at radius 1 is 1.37 bits per heavy atom. The average molecular weight is 279 g/mol. The number of ether oxygens (including phenoxy) is 1. The van der Waals surface area contributed by atoms with E-state index in [9.17, 15) is 0 Å². The molecule has 1 N–H and O–H groups in total. The summed E-state index contributed by atoms with van der Waals surface area (Å²) in [6, 6.07) is 9.02. The van der Waals surface area contributed by atoms with Crippen LogP contribution in [0.15, 0.2) is 24.3 Å². The van der Waals surface area contributed by atoms with Crippen molar-refractivity contribution in [3.63, 3.8) is 0 Å². The van der Waals surface area contributed by atoms with Crippen LogP contribution in [0.5, 0.6) is 5.75 Å². The number of aryl methyl sites for hydroxylation is 1. The van der Waals surface area contributed by atoms with Gasteiger partial charge in [0.1, 0.15) is 5.75 Å². The third-order valence-electron chi connectivity index (χ3n) is 3.74. The van der Waals surface area contributed by atoms with Gasteiger partial charge in [-0.25, -0.2) is 0 Å². The Kier molecular flexibility index (Phi) is 6.05. The molecule has 1 aliphatic rings. The zero-order valence-electron chi connectivity index (χ0n) is 12.0. The van der Waals surface area contributed by atoms with E-state index in [0.29, 0.717) is 6.04 Å². The van der Waals surface area contributed by atoms with Gasteiger partial charge in [0, 0.05) is 17.8 Å². The predicted octanol–water partition coefficient (Wildman–Crippen LogP) is 3.50. The molecule has 0 spiro atoms. The molecule has 0 radical (unpaired) electrons. The molecule has 0 aromatic heterocycles. The zero-order chi connectivity index (χ0) is 13.5. The van der Waals surface area contributed by atoms with E-state index < -0.39 is 0 Å². The summed E-state index contributed by atoms with van der Waals surface area (Å²) in [7, 11) is 1.71. The van der Waals surface area contributed by atoms with E-state index in [-0.39, 0.29) is 0 Å². The SMILES string of the molecule is COc1ccc(CCC(C)NCC2CCCS2)cc1. The van der Waals surface area contributed by atoms with Gasteiger partial charge in [0.25, 0.3) is 0 Å². The van der Waals surface area contributed by atoms with Crippen molar-refractivity contribution >= 4 is 11.8 Å². The van der Waals surface area contributed by atoms with Gasteiger partial charge in [0.2, 0.25) is 0 Å². The molecule has 1 heterocycles. The summed E-state index contributed by atoms with van der Waals surface area (Å²) >= 11 is 2.13. The lowest BCUT2D eigenvalue weighted by molar-refractivity contribution is 0.414. The van der Waals surface area contributed by atoms with E-state index in [0.717, 1.165) is 17.4 Å². The minimum Gasteiger partial charge on any atom is -0.497 e. The van der Waals surface area contributed by atoms with Gasteiger partial charge in [-0.1, -0.05) is 12.1 Å². The monoisotopic (exact) mass is 279 g/mol. The first-order valence-electron chi connectivity index (χ1n) is 7.26. The van der Waals surface area contributed by atoms with Gasteiger partial charge in [-0.3, -0.25) is 0 Å². The van der Waals surface area contributed by atoms with Crippen molar-refractivity contribution in [2.45, 2.75) is 43.9 Å². The molecule has 0 bridgehead atoms. The van der Waals surface area contributed by atoms with Crippen LogP contribution in [0.3, 0.4) is 0 Å². The quantitative estimate of drug-likeness (QED) is 0.825. The minimum absolute atomic E-state index is 0.600. The first kappa shape index (κ1) is 14.7. The van der Waals surface area contributed by atoms with Crippen LogP contribution >= 0.6 is 11.8 Å². The Morgan fingerprint density at radius 3 is 2.79 bits per heavy atom. The molecule has 1 saturated heterocycles. The lowest BCUT2D eigenvalue weighted by Gasteiger charge is -2.16. The van der Waals surface area contributed by atoms with Crippen LogP contribution in [-0.4, -0.2) is 30.7 Å². The van der Waals surface area contributed by atoms with Gasteiger partial charge in [0.15, 0.2) is 0 Å². The van der Waals surface area contributed by atoms with E-state index in [4.69, 9.17) is 4.74 Å². The molecule has 1 fully saturated rings. The molecular weight excluding hydrogens is 254 g/mol. The summed E-state index contributed by atoms with van der Waals surface area (Å²) in [5.74, 6) is 2.29. The predicted molar refractivity (Wildman–Crippen MR) is 84.3 cm³/mol. The highest BCUT2D eigenvalue weighted by atomic mass is 32.2. The molecule has 1 aliphatic heterocycles. The number of rotatable bonds is 7. The van der Waals surface area contributed by atoms with Crippen LogP contribution in [0.4, 0.5) is 0 Å². The fourth-order valence-corrected chi connectivity index (χ4v) is 3.63. The Morgan fingerprint density at radius 2 is 2.16 bits per heavy atom. The first-order valence-corrected chi connectivity index (χ1v) is 8.30. The van der Waals surface area contributed by atoms with E-state index in [2.05, 4.69) is 36.1 Å². The van der Waals surface area contributed by atoms with Gasteiger partial charge in [-0.15, -0.1) is 0 Å². The fourth-order valence-electron chi connectivity index (χ4n) is 2.42. The van der Waals surface area contributed by atoms with Gasteiger partial charge in [-0.05, 0) is 56.1 Å². The van der Waals surface area contributed by atoms with Gasteiger partial charge in [0.05, 0.1) is 7.11 Å². The summed E-state index contributed by atoms with van der Waals surface area (Å²) in [4.78, 5) is 0. The second-order valence-corrected chi connectivity index (χ2v) is 6.74. The van der Waals surface area contributed by atoms with Crippen LogP contribution < -0.4 is 10.1 Å². The summed E-state index contributed by atoms with van der Waals surface area (Å²) < 4.78 is 5.18. The summed E-state index contributed by atoms with van der Waals surface area (Å²) in [5, 5.41) is 4.52. The maximum absolute atomic E-state index is 5.18. The number of nitrogens with one attached hydrogen (secondary N) is 1. The van der Waals surface area contributed by atoms with Crippen LogP contribution in [0, 0.1) is 0 Å². The average Bonchev–Trinajstić information content (AvgIpc) is 2.96. The smallest absolute Gasteiger partial charge is 0.118 e. The van der Waals surface area contributed by atoms with Crippen LogP contribution in [0.25, 0.3) is 0 Å². The number of thioether (sulfide) groups is 1. The number of hydrogen-bond donors (Lipinski definition) is 1. The van der Waals surface area contributed by atoms with Crippen molar-refractivity contribution < 1.29 is 4.74 Å². The number of methoxy groups -OCH3 is 1. The summed E-state index contributed by atoms with van der Waals surface area (Å²) in [6.07, 6.45) is 5.12. The standard InChI is InChI=1S/C16H25NOS/c1-13(17-12-16-4-3-11-19-16)5-6-14-7-9-15(18-2)10-8-14/h7-10,13,16-17H,3-6,11-12H2,1-2H3. The van der Waals surface area contributed by atoms with Crippen molar-refractivity contribution in [1.29, 1.82) is 0 Å². The van der Waals surface area contributed by atoms with Gasteiger partial charge in [-0.2, -0.15) is 11.8 Å². The Labute approximate surface area is 121 Å². The summed E-state index contributed by atoms with van der Waals surface area (Å²) in [5.41, 5.74) is 1.39. The Bertz CT molecular complexity index is 360. The van der Waals surface area contributed by atoms with Crippen molar-refractivity contribution in [1.82, 2.24) is 5.32 Å². The molecular formula is C16H25NOS. The first-order chi connectivity index (χ1) is 9.28. The molecule has 2 atom stereocenters. The second kappa shape index (κ2) is 7.81. The molecule has 0 saturated carbocycles. The molecule has 0 amide bonds. The maximum Gasteiger partial charge on any atom is 0.118 e. The van der Waals surface area contributed by atoms with E-state index >= 15 is 0 Å². The van der Waals surface area contributed by atoms with Gasteiger partial charge >= 0.3 is 0 Å². The van der Waals surface area contributed by atoms with Crippen molar-refractivity contribution in [2.24, 2.45) is 0 Å². The van der Waals surface area contributed by atoms with Crippen molar-refractivity contribution in [3.8, 4) is 5.75 Å². The van der Waals surface area contributed by atoms with Crippen LogP contribution in [-0.2, 0) is 6.42 Å². The maximum atomic E-state index is 5.18. The Hall–Kier alpha value is -0.670. The van der Waals surface area contributed by atoms with Crippen molar-refractivity contribution in [3.05, 3.63) is 29.8 Å². The molecule has 1 aromatic carbocycles. The molecule has 2 unspecified atom stereocenters. The highest BCUT2D eigenvalue weighted by Crippen LogP contribution is 2.25. The Balaban J connectivity index is 1.65. The largest absolute Gasteiger partial charge is 0.497 e. The van der Waals surface area contributed by atoms with Crippen molar-refractivity contribution in [2.75, 3.05) is 19.4 Å². The second-order valence-electron chi connectivity index (χ2n) is 5.33. The van der Waals surface area contributed by atoms with Crippen LogP contribution in [0.2, 0.25) is 0 Å². The minimum atomic E-state index is 0.600. The topological polar surface area (TPSA) is 21.3 Å². The van der Waals surface area contributed by atoms with Gasteiger partial charge < -0.3 is 10.1 Å². The van der Waals surface area contributed by atoms with E-state index in [1.165, 1.54) is 37.1 Å². The van der Waals surface area contributed by atoms with E-state index in [1.807, 2.05) is 12.1 Å². The lowest BCUT2D eigenvalue weighted by Crippen LogP contribution is -2.32. The fraction of sp³-hybridized carbons (Fsp3) is 0.625. The normalized spacial score (nSPS) is 20.4. The molecule has 2 rings (SSSR count). The van der Waals surface area contributed by atoms with E-state index in [1.54, 1.807) is 7.11 Å².